The van der Waals surface area contributed by atoms with Crippen molar-refractivity contribution in [2.75, 3.05) is 11.9 Å². The molecule has 3 atom stereocenters. The highest BCUT2D eigenvalue weighted by atomic mass is 16.5. The van der Waals surface area contributed by atoms with E-state index in [1.165, 1.54) is 6.39 Å². The molecule has 2 fully saturated rings. The zero-order chi connectivity index (χ0) is 17.6. The number of anilines is 1. The molecule has 7 nitrogen and oxygen atoms in total. The van der Waals surface area contributed by atoms with E-state index in [9.17, 15) is 4.79 Å². The number of carbonyl (C=O) groups is 1. The van der Waals surface area contributed by atoms with Crippen LogP contribution in [-0.4, -0.2) is 35.0 Å². The molecular weight excluding hydrogens is 320 g/mol. The fourth-order valence-corrected chi connectivity index (χ4v) is 4.11. The second kappa shape index (κ2) is 5.84. The van der Waals surface area contributed by atoms with Crippen molar-refractivity contribution in [1.29, 1.82) is 0 Å². The number of aryl methyl sites for hydroxylation is 1. The summed E-state index contributed by atoms with van der Waals surface area (Å²) in [7, 11) is 0. The number of hydrogen-bond acceptors (Lipinski definition) is 5. The number of fused-ring (bicyclic) bond motifs is 1. The number of benzene rings is 1. The average Bonchev–Trinajstić information content (AvgIpc) is 3.25. The van der Waals surface area contributed by atoms with Crippen LogP contribution in [0.25, 0.3) is 11.5 Å². The Morgan fingerprint density at radius 3 is 2.96 bits per heavy atom. The molecule has 0 radical (unpaired) electrons. The third kappa shape index (κ3) is 2.68. The number of carbonyl (C=O) groups excluding carboxylic acids is 1. The molecule has 0 unspecified atom stereocenters. The second-order valence-electron chi connectivity index (χ2n) is 7.42. The lowest BCUT2D eigenvalue weighted by Gasteiger charge is -2.54. The molecule has 25 heavy (non-hydrogen) atoms. The SMILES string of the molecule is Cc1ccc(-c2nnco2)cc1NC(=O)N[C@@H]1[C@@H]2CCO[C@H]2C1(C)C. The van der Waals surface area contributed by atoms with Crippen LogP contribution >= 0.6 is 0 Å². The molecule has 2 heterocycles. The van der Waals surface area contributed by atoms with E-state index in [0.29, 0.717) is 11.8 Å². The van der Waals surface area contributed by atoms with E-state index in [1.54, 1.807) is 0 Å². The normalized spacial score (nSPS) is 26.6. The number of aromatic nitrogens is 2. The van der Waals surface area contributed by atoms with Gasteiger partial charge in [0, 0.05) is 35.2 Å². The van der Waals surface area contributed by atoms with Gasteiger partial charge in [-0.2, -0.15) is 0 Å². The number of nitrogens with zero attached hydrogens (tertiary/aromatic N) is 2. The van der Waals surface area contributed by atoms with Crippen molar-refractivity contribution in [2.24, 2.45) is 11.3 Å². The van der Waals surface area contributed by atoms with Gasteiger partial charge in [-0.1, -0.05) is 19.9 Å². The van der Waals surface area contributed by atoms with E-state index in [2.05, 4.69) is 34.7 Å². The molecule has 2 aliphatic rings. The van der Waals surface area contributed by atoms with E-state index in [-0.39, 0.29) is 23.6 Å². The van der Waals surface area contributed by atoms with Crippen LogP contribution in [0, 0.1) is 18.3 Å². The summed E-state index contributed by atoms with van der Waals surface area (Å²) in [5, 5.41) is 13.7. The van der Waals surface area contributed by atoms with Gasteiger partial charge in [0.25, 0.3) is 0 Å². The minimum absolute atomic E-state index is 0.0425. The second-order valence-corrected chi connectivity index (χ2v) is 7.42. The van der Waals surface area contributed by atoms with Crippen LogP contribution in [0.15, 0.2) is 29.0 Å². The van der Waals surface area contributed by atoms with E-state index in [0.717, 1.165) is 29.8 Å². The average molecular weight is 342 g/mol. The molecule has 1 saturated carbocycles. The Balaban J connectivity index is 1.47. The summed E-state index contributed by atoms with van der Waals surface area (Å²) in [6.45, 7) is 7.02. The van der Waals surface area contributed by atoms with Crippen LogP contribution < -0.4 is 10.6 Å². The summed E-state index contributed by atoms with van der Waals surface area (Å²) in [4.78, 5) is 12.5. The maximum absolute atomic E-state index is 12.5. The lowest BCUT2D eigenvalue weighted by molar-refractivity contribution is -0.107. The zero-order valence-electron chi connectivity index (χ0n) is 14.6. The Kier molecular flexibility index (Phi) is 3.76. The first kappa shape index (κ1) is 16.1. The number of hydrogen-bond donors (Lipinski definition) is 2. The highest BCUT2D eigenvalue weighted by molar-refractivity contribution is 5.91. The summed E-state index contributed by atoms with van der Waals surface area (Å²) >= 11 is 0. The summed E-state index contributed by atoms with van der Waals surface area (Å²) in [6, 6.07) is 5.58. The molecule has 2 amide bonds. The van der Waals surface area contributed by atoms with Crippen LogP contribution in [0.3, 0.4) is 0 Å². The lowest BCUT2D eigenvalue weighted by Crippen LogP contribution is -2.67. The van der Waals surface area contributed by atoms with E-state index in [1.807, 2.05) is 25.1 Å². The Bertz CT molecular complexity index is 788. The predicted octanol–water partition coefficient (Wildman–Crippen LogP) is 2.98. The monoisotopic (exact) mass is 342 g/mol. The summed E-state index contributed by atoms with van der Waals surface area (Å²) in [5.41, 5.74) is 2.42. The Morgan fingerprint density at radius 2 is 2.20 bits per heavy atom. The van der Waals surface area contributed by atoms with Crippen LogP contribution in [0.1, 0.15) is 25.8 Å². The smallest absolute Gasteiger partial charge is 0.319 e. The maximum Gasteiger partial charge on any atom is 0.319 e. The minimum Gasteiger partial charge on any atom is -0.423 e. The van der Waals surface area contributed by atoms with E-state index < -0.39 is 0 Å². The first-order chi connectivity index (χ1) is 12.0. The van der Waals surface area contributed by atoms with Crippen molar-refractivity contribution in [3.05, 3.63) is 30.2 Å². The largest absolute Gasteiger partial charge is 0.423 e. The van der Waals surface area contributed by atoms with Crippen LogP contribution in [-0.2, 0) is 4.74 Å². The molecule has 7 heteroatoms. The molecule has 132 valence electrons. The van der Waals surface area contributed by atoms with Gasteiger partial charge in [0.05, 0.1) is 6.10 Å². The minimum atomic E-state index is -0.200. The highest BCUT2D eigenvalue weighted by Gasteiger charge is 2.59. The molecule has 4 rings (SSSR count). The predicted molar refractivity (Wildman–Crippen MR) is 92.0 cm³/mol. The van der Waals surface area contributed by atoms with Crippen molar-refractivity contribution in [3.63, 3.8) is 0 Å². The van der Waals surface area contributed by atoms with Crippen molar-refractivity contribution in [1.82, 2.24) is 15.5 Å². The molecular formula is C18H22N4O3. The topological polar surface area (TPSA) is 89.3 Å². The highest BCUT2D eigenvalue weighted by Crippen LogP contribution is 2.52. The van der Waals surface area contributed by atoms with Crippen LogP contribution in [0.2, 0.25) is 0 Å². The molecule has 1 saturated heterocycles. The van der Waals surface area contributed by atoms with E-state index in [4.69, 9.17) is 9.15 Å². The van der Waals surface area contributed by atoms with E-state index >= 15 is 0 Å². The Hall–Kier alpha value is -2.41. The Morgan fingerprint density at radius 1 is 1.36 bits per heavy atom. The van der Waals surface area contributed by atoms with Gasteiger partial charge in [0.1, 0.15) is 0 Å². The zero-order valence-corrected chi connectivity index (χ0v) is 14.6. The molecule has 1 aliphatic carbocycles. The number of ether oxygens (including phenoxy) is 1. The van der Waals surface area contributed by atoms with Gasteiger partial charge in [-0.3, -0.25) is 0 Å². The van der Waals surface area contributed by atoms with Gasteiger partial charge < -0.3 is 19.8 Å². The summed E-state index contributed by atoms with van der Waals surface area (Å²) < 4.78 is 11.0. The number of rotatable bonds is 3. The fourth-order valence-electron chi connectivity index (χ4n) is 4.11. The third-order valence-electron chi connectivity index (χ3n) is 5.48. The molecule has 1 aliphatic heterocycles. The fraction of sp³-hybridized carbons (Fsp3) is 0.500. The molecule has 0 bridgehead atoms. The number of amides is 2. The van der Waals surface area contributed by atoms with Gasteiger partial charge >= 0.3 is 6.03 Å². The molecule has 1 aromatic heterocycles. The van der Waals surface area contributed by atoms with Crippen molar-refractivity contribution in [2.45, 2.75) is 39.3 Å². The van der Waals surface area contributed by atoms with Crippen molar-refractivity contribution < 1.29 is 13.9 Å². The van der Waals surface area contributed by atoms with Crippen LogP contribution in [0.4, 0.5) is 10.5 Å². The van der Waals surface area contributed by atoms with Crippen molar-refractivity contribution >= 4 is 11.7 Å². The van der Waals surface area contributed by atoms with Crippen LogP contribution in [0.5, 0.6) is 0 Å². The lowest BCUT2D eigenvalue weighted by atomic mass is 9.57. The molecule has 0 spiro atoms. The quantitative estimate of drug-likeness (QED) is 0.895. The summed E-state index contributed by atoms with van der Waals surface area (Å²) in [6.07, 6.45) is 2.54. The first-order valence-electron chi connectivity index (χ1n) is 8.53. The van der Waals surface area contributed by atoms with Gasteiger partial charge in [-0.25, -0.2) is 4.79 Å². The maximum atomic E-state index is 12.5. The summed E-state index contributed by atoms with van der Waals surface area (Å²) in [5.74, 6) is 0.834. The first-order valence-corrected chi connectivity index (χ1v) is 8.53. The number of nitrogens with one attached hydrogen (secondary N) is 2. The van der Waals surface area contributed by atoms with Gasteiger partial charge in [-0.05, 0) is 31.0 Å². The third-order valence-corrected chi connectivity index (χ3v) is 5.48. The Labute approximate surface area is 146 Å². The van der Waals surface area contributed by atoms with Gasteiger partial charge in [-0.15, -0.1) is 10.2 Å². The van der Waals surface area contributed by atoms with Gasteiger partial charge in [0.15, 0.2) is 0 Å². The molecule has 2 aromatic rings. The number of urea groups is 1. The molecule has 1 aromatic carbocycles. The van der Waals surface area contributed by atoms with Crippen molar-refractivity contribution in [3.8, 4) is 11.5 Å². The van der Waals surface area contributed by atoms with Gasteiger partial charge in [0.2, 0.25) is 12.3 Å². The molecule has 2 N–H and O–H groups in total. The standard InChI is InChI=1S/C18H22N4O3/c1-10-4-5-11(16-22-19-9-25-16)8-13(10)20-17(23)21-14-12-6-7-24-15(12)18(14,2)3/h4-5,8-9,12,14-15H,6-7H2,1-3H3,(H2,20,21,23)/t12-,14+,15+/m0/s1.